The van der Waals surface area contributed by atoms with E-state index in [1.165, 1.54) is 27.8 Å². The van der Waals surface area contributed by atoms with Gasteiger partial charge in [-0.25, -0.2) is 0 Å². The predicted octanol–water partition coefficient (Wildman–Crippen LogP) is -0.481. The first-order valence-electron chi connectivity index (χ1n) is 4.17. The maximum Gasteiger partial charge on any atom is 0.251 e. The molecule has 5 nitrogen and oxygen atoms in total. The van der Waals surface area contributed by atoms with Gasteiger partial charge < -0.3 is 15.2 Å². The molecular formula is C9H13N3O2. The molecule has 0 atom stereocenters. The fourth-order valence-corrected chi connectivity index (χ4v) is 0.961. The minimum Gasteiger partial charge on any atom is -0.398 e. The summed E-state index contributed by atoms with van der Waals surface area (Å²) in [6.45, 7) is 0.0247. The van der Waals surface area contributed by atoms with Crippen LogP contribution >= 0.6 is 0 Å². The molecule has 1 aromatic rings. The molecule has 0 aromatic carbocycles. The van der Waals surface area contributed by atoms with Crippen molar-refractivity contribution in [2.45, 2.75) is 6.54 Å². The van der Waals surface area contributed by atoms with Gasteiger partial charge >= 0.3 is 0 Å². The Labute approximate surface area is 81.7 Å². The first kappa shape index (κ1) is 10.3. The first-order valence-corrected chi connectivity index (χ1v) is 4.17. The summed E-state index contributed by atoms with van der Waals surface area (Å²) in [5.41, 5.74) is 5.74. The van der Waals surface area contributed by atoms with Crippen molar-refractivity contribution in [3.63, 3.8) is 0 Å². The summed E-state index contributed by atoms with van der Waals surface area (Å²) in [7, 11) is 3.28. The molecule has 5 heteroatoms. The van der Waals surface area contributed by atoms with E-state index in [4.69, 9.17) is 5.73 Å². The molecule has 2 N–H and O–H groups in total. The molecule has 1 amide bonds. The van der Waals surface area contributed by atoms with Crippen LogP contribution in [0.3, 0.4) is 0 Å². The van der Waals surface area contributed by atoms with Gasteiger partial charge in [-0.15, -0.1) is 0 Å². The van der Waals surface area contributed by atoms with Crippen molar-refractivity contribution in [3.8, 4) is 0 Å². The van der Waals surface area contributed by atoms with Gasteiger partial charge in [-0.2, -0.15) is 0 Å². The summed E-state index contributed by atoms with van der Waals surface area (Å²) in [4.78, 5) is 24.0. The number of hydrogen-bond acceptors (Lipinski definition) is 3. The highest BCUT2D eigenvalue weighted by atomic mass is 16.2. The molecule has 0 bridgehead atoms. The van der Waals surface area contributed by atoms with Crippen LogP contribution in [0.4, 0.5) is 5.69 Å². The number of likely N-dealkylation sites (N-methyl/N-ethyl adjacent to an activating group) is 1. The Balaban J connectivity index is 2.92. The second-order valence-electron chi connectivity index (χ2n) is 3.22. The zero-order chi connectivity index (χ0) is 10.7. The lowest BCUT2D eigenvalue weighted by Crippen LogP contribution is -2.31. The van der Waals surface area contributed by atoms with E-state index in [-0.39, 0.29) is 18.0 Å². The largest absolute Gasteiger partial charge is 0.398 e. The fraction of sp³-hybridized carbons (Fsp3) is 0.333. The van der Waals surface area contributed by atoms with Gasteiger partial charge in [-0.1, -0.05) is 0 Å². The number of hydrogen-bond donors (Lipinski definition) is 1. The van der Waals surface area contributed by atoms with Crippen LogP contribution in [0, 0.1) is 0 Å². The number of amides is 1. The van der Waals surface area contributed by atoms with Crippen LogP contribution in [0.2, 0.25) is 0 Å². The molecule has 14 heavy (non-hydrogen) atoms. The number of nitrogen functional groups attached to an aromatic ring is 1. The van der Waals surface area contributed by atoms with E-state index in [1.54, 1.807) is 14.1 Å². The first-order chi connectivity index (χ1) is 6.50. The molecule has 0 unspecified atom stereocenters. The summed E-state index contributed by atoms with van der Waals surface area (Å²) in [5.74, 6) is -0.141. The quantitative estimate of drug-likeness (QED) is 0.693. The van der Waals surface area contributed by atoms with Crippen LogP contribution in [0.15, 0.2) is 23.1 Å². The zero-order valence-electron chi connectivity index (χ0n) is 8.23. The van der Waals surface area contributed by atoms with Crippen LogP contribution in [0.5, 0.6) is 0 Å². The predicted molar refractivity (Wildman–Crippen MR) is 53.8 cm³/mol. The summed E-state index contributed by atoms with van der Waals surface area (Å²) >= 11 is 0. The van der Waals surface area contributed by atoms with Gasteiger partial charge in [0.25, 0.3) is 5.56 Å². The lowest BCUT2D eigenvalue weighted by Gasteiger charge is -2.11. The molecule has 1 heterocycles. The van der Waals surface area contributed by atoms with E-state index in [1.807, 2.05) is 0 Å². The van der Waals surface area contributed by atoms with Crippen molar-refractivity contribution < 1.29 is 4.79 Å². The second-order valence-corrected chi connectivity index (χ2v) is 3.22. The third-order valence-electron chi connectivity index (χ3n) is 1.81. The van der Waals surface area contributed by atoms with Gasteiger partial charge in [0.05, 0.1) is 0 Å². The number of carbonyl (C=O) groups is 1. The van der Waals surface area contributed by atoms with Crippen LogP contribution < -0.4 is 11.3 Å². The highest BCUT2D eigenvalue weighted by molar-refractivity contribution is 5.75. The van der Waals surface area contributed by atoms with Crippen molar-refractivity contribution in [3.05, 3.63) is 28.7 Å². The third kappa shape index (κ3) is 2.35. The molecule has 76 valence electrons. The van der Waals surface area contributed by atoms with Gasteiger partial charge in [0.2, 0.25) is 5.91 Å². The topological polar surface area (TPSA) is 68.3 Å². The van der Waals surface area contributed by atoms with Crippen molar-refractivity contribution in [2.24, 2.45) is 0 Å². The Bertz CT molecular complexity index is 395. The number of nitrogens with two attached hydrogens (primary N) is 1. The highest BCUT2D eigenvalue weighted by Gasteiger charge is 2.05. The molecule has 0 saturated heterocycles. The van der Waals surface area contributed by atoms with Crippen LogP contribution in [0.1, 0.15) is 0 Å². The Morgan fingerprint density at radius 2 is 2.14 bits per heavy atom. The molecule has 1 rings (SSSR count). The molecule has 0 saturated carbocycles. The fourth-order valence-electron chi connectivity index (χ4n) is 0.961. The minimum absolute atomic E-state index is 0.0247. The number of carbonyl (C=O) groups excluding carboxylic acids is 1. The summed E-state index contributed by atoms with van der Waals surface area (Å²) in [6.07, 6.45) is 1.46. The maximum atomic E-state index is 11.3. The van der Waals surface area contributed by atoms with E-state index >= 15 is 0 Å². The van der Waals surface area contributed by atoms with Gasteiger partial charge in [0.1, 0.15) is 6.54 Å². The average Bonchev–Trinajstić information content (AvgIpc) is 2.11. The number of aromatic nitrogens is 1. The third-order valence-corrected chi connectivity index (χ3v) is 1.81. The highest BCUT2D eigenvalue weighted by Crippen LogP contribution is 1.96. The normalized spacial score (nSPS) is 9.86. The van der Waals surface area contributed by atoms with E-state index in [0.717, 1.165) is 0 Å². The minimum atomic E-state index is -0.227. The number of pyridine rings is 1. The Morgan fingerprint density at radius 1 is 1.50 bits per heavy atom. The van der Waals surface area contributed by atoms with Gasteiger partial charge in [0.15, 0.2) is 0 Å². The summed E-state index contributed by atoms with van der Waals surface area (Å²) in [5, 5.41) is 0. The molecule has 0 aliphatic carbocycles. The maximum absolute atomic E-state index is 11.3. The molecule has 0 spiro atoms. The SMILES string of the molecule is CN(C)C(=O)Cn1cc(N)ccc1=O. The van der Waals surface area contributed by atoms with E-state index in [0.29, 0.717) is 5.69 Å². The Kier molecular flexibility index (Phi) is 2.91. The summed E-state index contributed by atoms with van der Waals surface area (Å²) in [6, 6.07) is 2.86. The van der Waals surface area contributed by atoms with Crippen LogP contribution in [-0.4, -0.2) is 29.5 Å². The number of rotatable bonds is 2. The van der Waals surface area contributed by atoms with Gasteiger partial charge in [0, 0.05) is 32.0 Å². The smallest absolute Gasteiger partial charge is 0.251 e. The van der Waals surface area contributed by atoms with Gasteiger partial charge in [-0.3, -0.25) is 9.59 Å². The molecule has 0 fully saturated rings. The van der Waals surface area contributed by atoms with E-state index in [2.05, 4.69) is 0 Å². The van der Waals surface area contributed by atoms with Crippen molar-refractivity contribution >= 4 is 11.6 Å². The molecular weight excluding hydrogens is 182 g/mol. The molecule has 0 aliphatic heterocycles. The average molecular weight is 195 g/mol. The lowest BCUT2D eigenvalue weighted by atomic mass is 10.4. The van der Waals surface area contributed by atoms with Crippen LogP contribution in [0.25, 0.3) is 0 Å². The van der Waals surface area contributed by atoms with Crippen molar-refractivity contribution in [1.29, 1.82) is 0 Å². The van der Waals surface area contributed by atoms with Crippen LogP contribution in [-0.2, 0) is 11.3 Å². The molecule has 0 radical (unpaired) electrons. The number of anilines is 1. The van der Waals surface area contributed by atoms with E-state index < -0.39 is 0 Å². The zero-order valence-corrected chi connectivity index (χ0v) is 8.23. The molecule has 0 aliphatic rings. The summed E-state index contributed by atoms with van der Waals surface area (Å²) < 4.78 is 1.29. The Hall–Kier alpha value is -1.78. The van der Waals surface area contributed by atoms with Crippen molar-refractivity contribution in [2.75, 3.05) is 19.8 Å². The lowest BCUT2D eigenvalue weighted by molar-refractivity contribution is -0.129. The van der Waals surface area contributed by atoms with E-state index in [9.17, 15) is 9.59 Å². The number of nitrogens with zero attached hydrogens (tertiary/aromatic N) is 2. The molecule has 1 aromatic heterocycles. The van der Waals surface area contributed by atoms with Crippen molar-refractivity contribution in [1.82, 2.24) is 9.47 Å². The second kappa shape index (κ2) is 3.95. The Morgan fingerprint density at radius 3 is 2.71 bits per heavy atom. The standard InChI is InChI=1S/C9H13N3O2/c1-11(2)9(14)6-12-5-7(10)3-4-8(12)13/h3-5H,6,10H2,1-2H3. The monoisotopic (exact) mass is 195 g/mol. The van der Waals surface area contributed by atoms with Gasteiger partial charge in [-0.05, 0) is 6.07 Å².